The Balaban J connectivity index is 1.09. The van der Waals surface area contributed by atoms with Crippen LogP contribution in [0.25, 0.3) is 5.65 Å². The van der Waals surface area contributed by atoms with Crippen molar-refractivity contribution in [1.29, 1.82) is 0 Å². The van der Waals surface area contributed by atoms with Gasteiger partial charge in [-0.25, -0.2) is 4.98 Å². The fourth-order valence-corrected chi connectivity index (χ4v) is 7.74. The summed E-state index contributed by atoms with van der Waals surface area (Å²) in [6.07, 6.45) is 9.10. The van der Waals surface area contributed by atoms with Crippen LogP contribution in [0.4, 0.5) is 5.82 Å². The van der Waals surface area contributed by atoms with Gasteiger partial charge in [-0.3, -0.25) is 18.8 Å². The minimum absolute atomic E-state index is 0.0366. The van der Waals surface area contributed by atoms with E-state index >= 15 is 0 Å². The summed E-state index contributed by atoms with van der Waals surface area (Å²) in [5, 5.41) is 5.90. The highest BCUT2D eigenvalue weighted by molar-refractivity contribution is 5.94. The van der Waals surface area contributed by atoms with Crippen molar-refractivity contribution in [2.45, 2.75) is 44.9 Å². The van der Waals surface area contributed by atoms with Crippen LogP contribution in [0.15, 0.2) is 24.4 Å². The summed E-state index contributed by atoms with van der Waals surface area (Å²) in [5.74, 6) is 3.19. The van der Waals surface area contributed by atoms with Gasteiger partial charge in [-0.15, -0.1) is 0 Å². The van der Waals surface area contributed by atoms with Crippen LogP contribution in [0.2, 0.25) is 0 Å². The zero-order chi connectivity index (χ0) is 22.4. The van der Waals surface area contributed by atoms with Crippen LogP contribution < -0.4 is 10.6 Å². The van der Waals surface area contributed by atoms with Crippen molar-refractivity contribution < 1.29 is 14.4 Å². The molecule has 3 amide bonds. The third kappa shape index (κ3) is 3.02. The number of nitrogens with one attached hydrogen (secondary N) is 2. The second-order valence-corrected chi connectivity index (χ2v) is 11.2. The molecule has 5 unspecified atom stereocenters. The number of amides is 3. The molecule has 4 saturated carbocycles. The Bertz CT molecular complexity index is 1200. The van der Waals surface area contributed by atoms with Crippen LogP contribution in [0.5, 0.6) is 0 Å². The number of hydrogen-bond donors (Lipinski definition) is 2. The summed E-state index contributed by atoms with van der Waals surface area (Å²) in [6, 6.07) is 5.55. The largest absolute Gasteiger partial charge is 0.354 e. The first-order chi connectivity index (χ1) is 15.9. The molecule has 0 aromatic carbocycles. The molecule has 2 aromatic rings. The molecule has 0 radical (unpaired) electrons. The fourth-order valence-electron chi connectivity index (χ4n) is 7.74. The molecular weight excluding hydrogens is 418 g/mol. The maximum Gasteiger partial charge on any atom is 0.274 e. The predicted molar refractivity (Wildman–Crippen MR) is 120 cm³/mol. The molecule has 1 saturated heterocycles. The van der Waals surface area contributed by atoms with Gasteiger partial charge in [-0.05, 0) is 72.8 Å². The summed E-state index contributed by atoms with van der Waals surface area (Å²) in [7, 11) is 0. The van der Waals surface area contributed by atoms with Gasteiger partial charge in [0.2, 0.25) is 11.8 Å². The van der Waals surface area contributed by atoms with Gasteiger partial charge in [-0.2, -0.15) is 0 Å². The number of carbonyl (C=O) groups excluding carboxylic acids is 3. The maximum absolute atomic E-state index is 13.1. The Morgan fingerprint density at radius 2 is 2.12 bits per heavy atom. The number of aromatic nitrogens is 2. The number of imidazole rings is 1. The van der Waals surface area contributed by atoms with Gasteiger partial charge in [-0.1, -0.05) is 6.07 Å². The molecule has 8 heteroatoms. The van der Waals surface area contributed by atoms with Crippen molar-refractivity contribution in [3.05, 3.63) is 30.1 Å². The van der Waals surface area contributed by atoms with Crippen molar-refractivity contribution in [3.63, 3.8) is 0 Å². The van der Waals surface area contributed by atoms with E-state index in [0.717, 1.165) is 17.8 Å². The van der Waals surface area contributed by atoms with E-state index in [1.165, 1.54) is 32.1 Å². The molecule has 5 aliphatic rings. The quantitative estimate of drug-likeness (QED) is 0.753. The minimum Gasteiger partial charge on any atom is -0.354 e. The lowest BCUT2D eigenvalue weighted by atomic mass is 9.69. The highest BCUT2D eigenvalue weighted by Gasteiger charge is 2.76. The molecule has 172 valence electrons. The van der Waals surface area contributed by atoms with Crippen molar-refractivity contribution >= 4 is 29.2 Å². The molecule has 3 heterocycles. The Kier molecular flexibility index (Phi) is 3.90. The summed E-state index contributed by atoms with van der Waals surface area (Å²) < 4.78 is 1.79. The molecule has 8 nitrogen and oxygen atoms in total. The lowest BCUT2D eigenvalue weighted by molar-refractivity contribution is -0.121. The number of hydrogen-bond acceptors (Lipinski definition) is 4. The van der Waals surface area contributed by atoms with Crippen molar-refractivity contribution in [2.75, 3.05) is 25.0 Å². The molecule has 5 atom stereocenters. The van der Waals surface area contributed by atoms with E-state index < -0.39 is 0 Å². The van der Waals surface area contributed by atoms with Crippen LogP contribution >= 0.6 is 0 Å². The van der Waals surface area contributed by atoms with Gasteiger partial charge in [0, 0.05) is 38.7 Å². The first-order valence-electron chi connectivity index (χ1n) is 12.3. The molecule has 7 rings (SSSR count). The van der Waals surface area contributed by atoms with Gasteiger partial charge in [0.15, 0.2) is 0 Å². The first-order valence-corrected chi connectivity index (χ1v) is 12.3. The highest BCUT2D eigenvalue weighted by Crippen LogP contribution is 2.84. The number of fused-ring (bicyclic) bond motifs is 3. The van der Waals surface area contributed by atoms with Crippen LogP contribution in [0.3, 0.4) is 0 Å². The number of nitrogens with zero attached hydrogens (tertiary/aromatic N) is 3. The normalized spacial score (nSPS) is 35.9. The number of rotatable bonds is 4. The molecule has 4 aliphatic carbocycles. The summed E-state index contributed by atoms with van der Waals surface area (Å²) >= 11 is 0. The summed E-state index contributed by atoms with van der Waals surface area (Å²) in [4.78, 5) is 43.9. The maximum atomic E-state index is 13.1. The van der Waals surface area contributed by atoms with Crippen LogP contribution in [0.1, 0.15) is 55.4 Å². The second kappa shape index (κ2) is 6.58. The van der Waals surface area contributed by atoms with Crippen molar-refractivity contribution in [3.8, 4) is 0 Å². The Morgan fingerprint density at radius 1 is 1.21 bits per heavy atom. The van der Waals surface area contributed by atoms with Gasteiger partial charge in [0.1, 0.15) is 17.2 Å². The zero-order valence-electron chi connectivity index (χ0n) is 18.7. The molecule has 2 aromatic heterocycles. The summed E-state index contributed by atoms with van der Waals surface area (Å²) in [5.41, 5.74) is 1.76. The summed E-state index contributed by atoms with van der Waals surface area (Å²) in [6.45, 7) is 1.30. The number of pyridine rings is 1. The lowest BCUT2D eigenvalue weighted by Gasteiger charge is -2.35. The Labute approximate surface area is 192 Å². The fraction of sp³-hybridized carbons (Fsp3) is 0.600. The lowest BCUT2D eigenvalue weighted by Crippen LogP contribution is -2.34. The van der Waals surface area contributed by atoms with Crippen LogP contribution in [0, 0.1) is 28.6 Å². The Hall–Kier alpha value is -2.90. The first kappa shape index (κ1) is 19.6. The molecule has 5 fully saturated rings. The molecule has 33 heavy (non-hydrogen) atoms. The van der Waals surface area contributed by atoms with Crippen LogP contribution in [-0.4, -0.2) is 51.6 Å². The number of anilines is 1. The second-order valence-electron chi connectivity index (χ2n) is 11.2. The molecular formula is C25H29N5O3. The topological polar surface area (TPSA) is 95.8 Å². The van der Waals surface area contributed by atoms with E-state index in [1.807, 2.05) is 18.2 Å². The van der Waals surface area contributed by atoms with Gasteiger partial charge in [0.25, 0.3) is 5.91 Å². The molecule has 1 spiro atoms. The third-order valence-electron chi connectivity index (χ3n) is 9.13. The standard InChI is InChI=1S/C25H29N5O3/c31-21-4-6-29(7-5-26-21)23(33)18-13-30-19(27-18)2-1-3-20(30)28-22(32)12-24-9-15-8-17(15)25(14-24)11-16(25)10-24/h1-3,13,15-17H,4-12,14H2,(H,26,31)(H,28,32). The SMILES string of the molecule is O=C1CCN(C(=O)c2cn3c(NC(=O)CC45CC6CC6C6(CC6C4)C5)cccc3n2)CCN1. The van der Waals surface area contributed by atoms with E-state index in [0.29, 0.717) is 55.0 Å². The Morgan fingerprint density at radius 3 is 3.03 bits per heavy atom. The zero-order valence-corrected chi connectivity index (χ0v) is 18.7. The molecule has 2 N–H and O–H groups in total. The average molecular weight is 448 g/mol. The predicted octanol–water partition coefficient (Wildman–Crippen LogP) is 2.45. The van der Waals surface area contributed by atoms with E-state index in [9.17, 15) is 14.4 Å². The van der Waals surface area contributed by atoms with E-state index in [4.69, 9.17) is 0 Å². The monoisotopic (exact) mass is 447 g/mol. The molecule has 1 aliphatic heterocycles. The van der Waals surface area contributed by atoms with E-state index in [2.05, 4.69) is 15.6 Å². The number of carbonyl (C=O) groups is 3. The van der Waals surface area contributed by atoms with E-state index in [-0.39, 0.29) is 23.1 Å². The average Bonchev–Trinajstić information content (AvgIpc) is 3.63. The van der Waals surface area contributed by atoms with Gasteiger partial charge < -0.3 is 15.5 Å². The molecule has 2 bridgehead atoms. The highest BCUT2D eigenvalue weighted by atomic mass is 16.2. The van der Waals surface area contributed by atoms with Crippen molar-refractivity contribution in [2.24, 2.45) is 28.6 Å². The van der Waals surface area contributed by atoms with E-state index in [1.54, 1.807) is 15.5 Å². The van der Waals surface area contributed by atoms with Gasteiger partial charge in [0.05, 0.1) is 0 Å². The van der Waals surface area contributed by atoms with Crippen molar-refractivity contribution in [1.82, 2.24) is 19.6 Å². The minimum atomic E-state index is -0.192. The van der Waals surface area contributed by atoms with Crippen LogP contribution in [-0.2, 0) is 9.59 Å². The smallest absolute Gasteiger partial charge is 0.274 e. The third-order valence-corrected chi connectivity index (χ3v) is 9.13. The van der Waals surface area contributed by atoms with Gasteiger partial charge >= 0.3 is 0 Å².